The van der Waals surface area contributed by atoms with E-state index in [1.54, 1.807) is 19.2 Å². The smallest absolute Gasteiger partial charge is 0.378 e. The molecule has 2 unspecified atom stereocenters. The molecular formula is C37H49F3N5O3S+. The fraction of sp³-hybridized carbons (Fsp3) is 0.568. The lowest BCUT2D eigenvalue weighted by molar-refractivity contribution is -0.138. The molecule has 2 fully saturated rings. The van der Waals surface area contributed by atoms with Crippen LogP contribution in [0.25, 0.3) is 16.9 Å². The van der Waals surface area contributed by atoms with Crippen molar-refractivity contribution in [3.8, 4) is 11.3 Å². The minimum absolute atomic E-state index is 0.0123. The van der Waals surface area contributed by atoms with Gasteiger partial charge in [-0.15, -0.1) is 0 Å². The van der Waals surface area contributed by atoms with Crippen LogP contribution in [0.4, 0.5) is 18.9 Å². The van der Waals surface area contributed by atoms with Crippen LogP contribution in [0.2, 0.25) is 0 Å². The maximum Gasteiger partial charge on any atom is 0.416 e. The second kappa shape index (κ2) is 13.9. The van der Waals surface area contributed by atoms with Gasteiger partial charge >= 0.3 is 6.18 Å². The molecule has 0 N–H and O–H groups in total. The van der Waals surface area contributed by atoms with Gasteiger partial charge in [0, 0.05) is 49.5 Å². The highest BCUT2D eigenvalue weighted by Gasteiger charge is 2.48. The molecule has 0 amide bonds. The van der Waals surface area contributed by atoms with E-state index in [1.165, 1.54) is 6.07 Å². The van der Waals surface area contributed by atoms with Crippen LogP contribution in [0, 0.1) is 12.3 Å². The maximum atomic E-state index is 14.0. The third-order valence-corrected chi connectivity index (χ3v) is 13.2. The second-order valence-corrected chi connectivity index (χ2v) is 16.8. The second-order valence-electron chi connectivity index (χ2n) is 14.6. The van der Waals surface area contributed by atoms with Crippen molar-refractivity contribution in [2.75, 3.05) is 44.1 Å². The Labute approximate surface area is 290 Å². The summed E-state index contributed by atoms with van der Waals surface area (Å²) in [5, 5.41) is 4.71. The normalized spacial score (nSPS) is 18.7. The molecule has 0 saturated carbocycles. The fourth-order valence-electron chi connectivity index (χ4n) is 6.47. The zero-order valence-electron chi connectivity index (χ0n) is 29.7. The lowest BCUT2D eigenvalue weighted by atomic mass is 9.83. The molecule has 0 spiro atoms. The van der Waals surface area contributed by atoms with Gasteiger partial charge in [-0.2, -0.15) is 22.5 Å². The number of anilines is 1. The maximum absolute atomic E-state index is 14.0. The van der Waals surface area contributed by atoms with Crippen LogP contribution < -0.4 is 4.90 Å². The van der Waals surface area contributed by atoms with E-state index in [9.17, 15) is 13.2 Å². The van der Waals surface area contributed by atoms with Crippen LogP contribution in [0.3, 0.4) is 0 Å². The number of halogens is 3. The van der Waals surface area contributed by atoms with Crippen molar-refractivity contribution in [2.45, 2.75) is 91.0 Å². The SMILES string of the molecule is Cc1c(Cc2c(CO[S+](C)C(C)(C)C(C)(C)C)nc3c(-c4ccnn4C4CCCCO4)cc(N4CCOCC4)cn23)cccc1C(F)(F)F. The molecule has 8 nitrogen and oxygen atoms in total. The van der Waals surface area contributed by atoms with Gasteiger partial charge in [-0.05, 0) is 69.4 Å². The first kappa shape index (κ1) is 35.8. The number of imidazole rings is 1. The number of pyridine rings is 1. The van der Waals surface area contributed by atoms with E-state index >= 15 is 0 Å². The zero-order valence-corrected chi connectivity index (χ0v) is 30.5. The highest BCUT2D eigenvalue weighted by Crippen LogP contribution is 2.40. The molecule has 49 heavy (non-hydrogen) atoms. The van der Waals surface area contributed by atoms with E-state index in [1.807, 2.05) is 10.7 Å². The van der Waals surface area contributed by atoms with Gasteiger partial charge in [0.15, 0.2) is 22.2 Å². The molecule has 3 aromatic heterocycles. The number of hydrogen-bond donors (Lipinski definition) is 0. The molecule has 0 aliphatic carbocycles. The Morgan fingerprint density at radius 3 is 2.45 bits per heavy atom. The van der Waals surface area contributed by atoms with Crippen LogP contribution >= 0.6 is 0 Å². The number of alkyl halides is 3. The topological polar surface area (TPSA) is 66.0 Å². The minimum Gasteiger partial charge on any atom is -0.378 e. The van der Waals surface area contributed by atoms with Crippen molar-refractivity contribution in [3.63, 3.8) is 0 Å². The molecule has 5 heterocycles. The number of hydrogen-bond acceptors (Lipinski definition) is 6. The molecule has 4 aromatic rings. The van der Waals surface area contributed by atoms with E-state index in [2.05, 4.69) is 62.4 Å². The first-order valence-corrected chi connectivity index (χ1v) is 18.7. The molecule has 12 heteroatoms. The summed E-state index contributed by atoms with van der Waals surface area (Å²) in [6, 6.07) is 8.57. The van der Waals surface area contributed by atoms with E-state index in [-0.39, 0.29) is 35.0 Å². The van der Waals surface area contributed by atoms with Crippen LogP contribution in [0.5, 0.6) is 0 Å². The Balaban J connectivity index is 1.53. The van der Waals surface area contributed by atoms with Gasteiger partial charge in [0.05, 0.1) is 41.5 Å². The summed E-state index contributed by atoms with van der Waals surface area (Å²) in [5.41, 5.74) is 5.16. The van der Waals surface area contributed by atoms with Gasteiger partial charge in [0.25, 0.3) is 0 Å². The highest BCUT2D eigenvalue weighted by molar-refractivity contribution is 7.93. The first-order valence-electron chi connectivity index (χ1n) is 17.1. The van der Waals surface area contributed by atoms with Crippen molar-refractivity contribution in [1.82, 2.24) is 19.2 Å². The highest BCUT2D eigenvalue weighted by atomic mass is 32.2. The fourth-order valence-corrected chi connectivity index (χ4v) is 7.91. The third-order valence-electron chi connectivity index (χ3n) is 10.6. The van der Waals surface area contributed by atoms with Crippen molar-refractivity contribution in [2.24, 2.45) is 5.41 Å². The van der Waals surface area contributed by atoms with Gasteiger partial charge in [0.2, 0.25) is 0 Å². The molecule has 6 rings (SSSR count). The summed E-state index contributed by atoms with van der Waals surface area (Å²) in [5.74, 6) is 0. The summed E-state index contributed by atoms with van der Waals surface area (Å²) in [4.78, 5) is 7.54. The molecule has 2 atom stereocenters. The molecule has 0 radical (unpaired) electrons. The Morgan fingerprint density at radius 1 is 1.02 bits per heavy atom. The minimum atomic E-state index is -4.45. The zero-order chi connectivity index (χ0) is 35.1. The molecule has 1 aromatic carbocycles. The number of ether oxygens (including phenoxy) is 2. The first-order chi connectivity index (χ1) is 23.2. The molecule has 2 aliphatic heterocycles. The van der Waals surface area contributed by atoms with Gasteiger partial charge < -0.3 is 18.8 Å². The summed E-state index contributed by atoms with van der Waals surface area (Å²) in [7, 11) is 0. The van der Waals surface area contributed by atoms with Gasteiger partial charge in [-0.25, -0.2) is 9.67 Å². The molecule has 2 aliphatic rings. The quantitative estimate of drug-likeness (QED) is 0.164. The van der Waals surface area contributed by atoms with E-state index in [0.29, 0.717) is 36.7 Å². The summed E-state index contributed by atoms with van der Waals surface area (Å²) in [6.07, 6.45) is 4.55. The standard InChI is InChI=1S/C37H49F3N5O3S/c1-25-26(11-10-12-29(25)37(38,39)40)21-32-30(24-48-49(7)36(5,6)35(2,3)4)42-34-28(22-27(23-44(32)34)43-16-19-46-20-17-43)31-14-15-41-45(31)33-13-8-9-18-47-33/h10-12,14-15,22-23,33H,8-9,13,16-21,24H2,1-7H3/q+1. The number of benzene rings is 1. The Hall–Kier alpha value is -3.06. The van der Waals surface area contributed by atoms with Crippen molar-refractivity contribution in [3.05, 3.63) is 70.8 Å². The van der Waals surface area contributed by atoms with E-state index in [4.69, 9.17) is 23.7 Å². The molecule has 266 valence electrons. The van der Waals surface area contributed by atoms with Crippen LogP contribution in [-0.2, 0) is 44.0 Å². The number of morpholine rings is 1. The van der Waals surface area contributed by atoms with Crippen molar-refractivity contribution >= 4 is 22.5 Å². The Bertz CT molecular complexity index is 1770. The number of aromatic nitrogens is 4. The Kier molecular flexibility index (Phi) is 10.2. The van der Waals surface area contributed by atoms with E-state index < -0.39 is 22.9 Å². The average molecular weight is 701 g/mol. The van der Waals surface area contributed by atoms with Crippen LogP contribution in [0.1, 0.15) is 88.2 Å². The van der Waals surface area contributed by atoms with Gasteiger partial charge in [-0.1, -0.05) is 32.9 Å². The average Bonchev–Trinajstić information content (AvgIpc) is 3.69. The summed E-state index contributed by atoms with van der Waals surface area (Å²) >= 11 is -0.448. The summed E-state index contributed by atoms with van der Waals surface area (Å²) < 4.78 is 64.5. The molecule has 0 bridgehead atoms. The predicted molar refractivity (Wildman–Crippen MR) is 189 cm³/mol. The van der Waals surface area contributed by atoms with Crippen molar-refractivity contribution < 1.29 is 26.8 Å². The molecule has 2 saturated heterocycles. The van der Waals surface area contributed by atoms with Crippen molar-refractivity contribution in [1.29, 1.82) is 0 Å². The van der Waals surface area contributed by atoms with Gasteiger partial charge in [-0.3, -0.25) is 0 Å². The molecular weight excluding hydrogens is 652 g/mol. The largest absolute Gasteiger partial charge is 0.416 e. The lowest BCUT2D eigenvalue weighted by Gasteiger charge is -2.34. The number of nitrogens with zero attached hydrogens (tertiary/aromatic N) is 5. The van der Waals surface area contributed by atoms with E-state index in [0.717, 1.165) is 61.1 Å². The lowest BCUT2D eigenvalue weighted by Crippen LogP contribution is -2.44. The Morgan fingerprint density at radius 2 is 1.78 bits per heavy atom. The number of rotatable bonds is 9. The monoisotopic (exact) mass is 700 g/mol. The number of fused-ring (bicyclic) bond motifs is 1. The van der Waals surface area contributed by atoms with Crippen LogP contribution in [0.15, 0.2) is 42.7 Å². The van der Waals surface area contributed by atoms with Gasteiger partial charge in [0.1, 0.15) is 18.5 Å². The van der Waals surface area contributed by atoms with Crippen LogP contribution in [-0.4, -0.2) is 63.1 Å². The summed E-state index contributed by atoms with van der Waals surface area (Å²) in [6.45, 7) is 16.2. The third kappa shape index (κ3) is 7.25. The predicted octanol–water partition coefficient (Wildman–Crippen LogP) is 8.16.